The number of ketones is 1. The lowest BCUT2D eigenvalue weighted by atomic mass is 10.0. The van der Waals surface area contributed by atoms with E-state index in [0.717, 1.165) is 0 Å². The number of morpholine rings is 1. The Morgan fingerprint density at radius 1 is 1.03 bits per heavy atom. The van der Waals surface area contributed by atoms with Gasteiger partial charge in [-0.2, -0.15) is 0 Å². The smallest absolute Gasteiger partial charge is 0.410 e. The molecule has 1 atom stereocenters. The number of nitrogens with zero attached hydrogens (tertiary/aromatic N) is 1. The largest absolute Gasteiger partial charge is 0.456 e. The van der Waals surface area contributed by atoms with Crippen molar-refractivity contribution < 1.29 is 41.8 Å². The second kappa shape index (κ2) is 10.1. The zero-order valence-corrected chi connectivity index (χ0v) is 19.7. The molecular formula is C23H30F3NO6. The molecule has 1 amide bonds. The van der Waals surface area contributed by atoms with E-state index in [0.29, 0.717) is 12.6 Å². The molecule has 10 heteroatoms. The highest BCUT2D eigenvalue weighted by molar-refractivity contribution is 5.98. The minimum Gasteiger partial charge on any atom is -0.456 e. The number of Topliss-reactive ketones (excluding diaryl/α,β-unsaturated/α-hetero) is 1. The van der Waals surface area contributed by atoms with Gasteiger partial charge in [0.2, 0.25) is 0 Å². The molecule has 0 bridgehead atoms. The van der Waals surface area contributed by atoms with Crippen molar-refractivity contribution >= 4 is 17.8 Å². The van der Waals surface area contributed by atoms with Gasteiger partial charge < -0.3 is 19.1 Å². The zero-order valence-electron chi connectivity index (χ0n) is 19.7. The maximum atomic E-state index is 14.5. The van der Waals surface area contributed by atoms with E-state index in [2.05, 4.69) is 0 Å². The maximum absolute atomic E-state index is 14.5. The Kier molecular flexibility index (Phi) is 8.16. The molecule has 2 rings (SSSR count). The lowest BCUT2D eigenvalue weighted by Gasteiger charge is -2.34. The highest BCUT2D eigenvalue weighted by Crippen LogP contribution is 2.25. The van der Waals surface area contributed by atoms with Crippen LogP contribution in [0.15, 0.2) is 6.07 Å². The van der Waals surface area contributed by atoms with E-state index in [-0.39, 0.29) is 26.0 Å². The van der Waals surface area contributed by atoms with Gasteiger partial charge in [-0.3, -0.25) is 4.79 Å². The van der Waals surface area contributed by atoms with E-state index < -0.39 is 63.7 Å². The molecule has 0 aliphatic carbocycles. The van der Waals surface area contributed by atoms with Gasteiger partial charge in [0.15, 0.2) is 17.4 Å². The van der Waals surface area contributed by atoms with E-state index in [9.17, 15) is 27.6 Å². The number of rotatable bonds is 5. The fourth-order valence-electron chi connectivity index (χ4n) is 3.14. The van der Waals surface area contributed by atoms with Gasteiger partial charge >= 0.3 is 12.1 Å². The van der Waals surface area contributed by atoms with Gasteiger partial charge in [0, 0.05) is 13.0 Å². The molecule has 1 aliphatic rings. The maximum Gasteiger partial charge on any atom is 0.410 e. The molecule has 1 heterocycles. The van der Waals surface area contributed by atoms with Gasteiger partial charge in [0.05, 0.1) is 24.8 Å². The first-order chi connectivity index (χ1) is 15.1. The molecule has 0 N–H and O–H groups in total. The van der Waals surface area contributed by atoms with Crippen LogP contribution in [-0.2, 0) is 14.2 Å². The predicted octanol–water partition coefficient (Wildman–Crippen LogP) is 4.66. The number of carbonyl (C=O) groups is 3. The van der Waals surface area contributed by atoms with Crippen molar-refractivity contribution in [2.45, 2.75) is 71.7 Å². The first-order valence-corrected chi connectivity index (χ1v) is 10.6. The SMILES string of the molecule is CC(C)(C)OC(=O)c1cc(F)c(C(=O)CCC2CN(C(=O)OC(C)(C)C)CCO2)c(F)c1F. The number of hydrogen-bond donors (Lipinski definition) is 0. The third-order valence-corrected chi connectivity index (χ3v) is 4.54. The van der Waals surface area contributed by atoms with E-state index in [4.69, 9.17) is 14.2 Å². The number of esters is 1. The average Bonchev–Trinajstić information content (AvgIpc) is 2.66. The summed E-state index contributed by atoms with van der Waals surface area (Å²) < 4.78 is 59.2. The van der Waals surface area contributed by atoms with Gasteiger partial charge in [-0.15, -0.1) is 0 Å². The minimum absolute atomic E-state index is 0.0481. The van der Waals surface area contributed by atoms with Gasteiger partial charge in [-0.25, -0.2) is 22.8 Å². The third kappa shape index (κ3) is 7.45. The van der Waals surface area contributed by atoms with Crippen molar-refractivity contribution in [3.05, 3.63) is 34.6 Å². The Balaban J connectivity index is 2.07. The molecule has 1 fully saturated rings. The normalized spacial score (nSPS) is 17.0. The molecular weight excluding hydrogens is 443 g/mol. The molecule has 1 unspecified atom stereocenters. The second-order valence-corrected chi connectivity index (χ2v) is 9.79. The Morgan fingerprint density at radius 2 is 1.64 bits per heavy atom. The summed E-state index contributed by atoms with van der Waals surface area (Å²) in [7, 11) is 0. The summed E-state index contributed by atoms with van der Waals surface area (Å²) in [5.74, 6) is -6.99. The number of halogens is 3. The molecule has 33 heavy (non-hydrogen) atoms. The van der Waals surface area contributed by atoms with Crippen LogP contribution in [0.1, 0.15) is 75.1 Å². The molecule has 1 aromatic carbocycles. The van der Waals surface area contributed by atoms with Gasteiger partial charge in [0.25, 0.3) is 0 Å². The third-order valence-electron chi connectivity index (χ3n) is 4.54. The van der Waals surface area contributed by atoms with Crippen LogP contribution in [0.4, 0.5) is 18.0 Å². The number of amides is 1. The molecule has 0 spiro atoms. The molecule has 1 aromatic rings. The minimum atomic E-state index is -1.75. The second-order valence-electron chi connectivity index (χ2n) is 9.79. The van der Waals surface area contributed by atoms with Crippen LogP contribution in [0.3, 0.4) is 0 Å². The standard InChI is InChI=1S/C23H30F3NO6/c1-22(2,3)32-20(29)14-11-15(24)17(19(26)18(14)25)16(28)8-7-13-12-27(9-10-31-13)21(30)33-23(4,5)6/h11,13H,7-10,12H2,1-6H3. The highest BCUT2D eigenvalue weighted by atomic mass is 19.2. The molecule has 0 radical (unpaired) electrons. The first-order valence-electron chi connectivity index (χ1n) is 10.6. The van der Waals surface area contributed by atoms with Crippen molar-refractivity contribution in [2.24, 2.45) is 0 Å². The van der Waals surface area contributed by atoms with E-state index in [1.54, 1.807) is 20.8 Å². The van der Waals surface area contributed by atoms with Crippen LogP contribution in [-0.4, -0.2) is 59.7 Å². The van der Waals surface area contributed by atoms with Crippen LogP contribution < -0.4 is 0 Å². The van der Waals surface area contributed by atoms with Crippen molar-refractivity contribution in [3.8, 4) is 0 Å². The predicted molar refractivity (Wildman–Crippen MR) is 113 cm³/mol. The number of benzene rings is 1. The first kappa shape index (κ1) is 26.6. The summed E-state index contributed by atoms with van der Waals surface area (Å²) in [5.41, 5.74) is -3.68. The van der Waals surface area contributed by atoms with Crippen LogP contribution in [0.5, 0.6) is 0 Å². The van der Waals surface area contributed by atoms with Crippen molar-refractivity contribution in [3.63, 3.8) is 0 Å². The van der Waals surface area contributed by atoms with Crippen molar-refractivity contribution in [1.29, 1.82) is 0 Å². The van der Waals surface area contributed by atoms with Crippen LogP contribution in [0.2, 0.25) is 0 Å². The Hall–Kier alpha value is -2.62. The quantitative estimate of drug-likeness (QED) is 0.352. The van der Waals surface area contributed by atoms with Crippen LogP contribution in [0, 0.1) is 17.5 Å². The topological polar surface area (TPSA) is 82.1 Å². The zero-order chi connectivity index (χ0) is 25.1. The summed E-state index contributed by atoms with van der Waals surface area (Å²) in [6.45, 7) is 10.4. The molecule has 7 nitrogen and oxygen atoms in total. The molecule has 0 saturated carbocycles. The summed E-state index contributed by atoms with van der Waals surface area (Å²) in [5, 5.41) is 0. The van der Waals surface area contributed by atoms with E-state index in [1.807, 2.05) is 0 Å². The highest BCUT2D eigenvalue weighted by Gasteiger charge is 2.31. The molecule has 1 aliphatic heterocycles. The number of ether oxygens (including phenoxy) is 3. The number of hydrogen-bond acceptors (Lipinski definition) is 6. The summed E-state index contributed by atoms with van der Waals surface area (Å²) in [4.78, 5) is 38.2. The fourth-order valence-corrected chi connectivity index (χ4v) is 3.14. The van der Waals surface area contributed by atoms with E-state index in [1.165, 1.54) is 25.7 Å². The Bertz CT molecular complexity index is 920. The average molecular weight is 473 g/mol. The van der Waals surface area contributed by atoms with Crippen LogP contribution in [0.25, 0.3) is 0 Å². The molecule has 184 valence electrons. The number of carbonyl (C=O) groups excluding carboxylic acids is 3. The lowest BCUT2D eigenvalue weighted by molar-refractivity contribution is -0.0443. The van der Waals surface area contributed by atoms with E-state index >= 15 is 0 Å². The fraction of sp³-hybridized carbons (Fsp3) is 0.609. The summed E-state index contributed by atoms with van der Waals surface area (Å²) in [6.07, 6.45) is -1.40. The van der Waals surface area contributed by atoms with Gasteiger partial charge in [0.1, 0.15) is 22.6 Å². The van der Waals surface area contributed by atoms with Crippen molar-refractivity contribution in [1.82, 2.24) is 4.90 Å². The molecule has 1 saturated heterocycles. The van der Waals surface area contributed by atoms with Crippen molar-refractivity contribution in [2.75, 3.05) is 19.7 Å². The van der Waals surface area contributed by atoms with Gasteiger partial charge in [-0.05, 0) is 54.0 Å². The van der Waals surface area contributed by atoms with Crippen LogP contribution >= 0.6 is 0 Å². The summed E-state index contributed by atoms with van der Waals surface area (Å²) in [6, 6.07) is 0.459. The Morgan fingerprint density at radius 3 is 2.21 bits per heavy atom. The Labute approximate surface area is 191 Å². The molecule has 0 aromatic heterocycles. The lowest BCUT2D eigenvalue weighted by Crippen LogP contribution is -2.47. The monoisotopic (exact) mass is 473 g/mol. The van der Waals surface area contributed by atoms with Gasteiger partial charge in [-0.1, -0.05) is 0 Å². The summed E-state index contributed by atoms with van der Waals surface area (Å²) >= 11 is 0.